The zero-order valence-electron chi connectivity index (χ0n) is 16.2. The van der Waals surface area contributed by atoms with Crippen LogP contribution < -0.4 is 0 Å². The molecule has 0 amide bonds. The van der Waals surface area contributed by atoms with E-state index in [2.05, 4.69) is 26.0 Å². The summed E-state index contributed by atoms with van der Waals surface area (Å²) in [7, 11) is 0. The summed E-state index contributed by atoms with van der Waals surface area (Å²) >= 11 is 0. The van der Waals surface area contributed by atoms with Crippen molar-refractivity contribution in [2.24, 2.45) is 5.92 Å². The molecular weight excluding hydrogens is 470 g/mol. The van der Waals surface area contributed by atoms with Gasteiger partial charge < -0.3 is 14.6 Å². The molecule has 1 radical (unpaired) electrons. The number of rotatable bonds is 8. The monoisotopic (exact) mass is 503 g/mol. The Hall–Kier alpha value is -0.106. The fourth-order valence-electron chi connectivity index (χ4n) is 2.09. The summed E-state index contributed by atoms with van der Waals surface area (Å²) in [5.74, 6) is -0.629. The van der Waals surface area contributed by atoms with Gasteiger partial charge in [0, 0.05) is 24.5 Å². The topological polar surface area (TPSA) is 66.9 Å². The van der Waals surface area contributed by atoms with Gasteiger partial charge in [-0.05, 0) is 60.3 Å². The smallest absolute Gasteiger partial charge is 0.335 e. The summed E-state index contributed by atoms with van der Waals surface area (Å²) < 4.78 is 5.12. The summed E-state index contributed by atoms with van der Waals surface area (Å²) in [6.45, 7) is 12.0. The largest absolute Gasteiger partial charge is 0.479 e. The summed E-state index contributed by atoms with van der Waals surface area (Å²) in [4.78, 5) is 20.7. The van der Waals surface area contributed by atoms with Gasteiger partial charge in [-0.15, -0.1) is 24.0 Å². The van der Waals surface area contributed by atoms with Gasteiger partial charge >= 0.3 is 5.97 Å². The molecule has 25 heavy (non-hydrogen) atoms. The number of hydrogen-bond donors (Lipinski definition) is 1. The Morgan fingerprint density at radius 2 is 1.64 bits per heavy atom. The summed E-state index contributed by atoms with van der Waals surface area (Å²) in [5, 5.41) is 8.66. The second kappa shape index (κ2) is 15.0. The van der Waals surface area contributed by atoms with Gasteiger partial charge in [-0.3, -0.25) is 0 Å². The van der Waals surface area contributed by atoms with E-state index in [4.69, 9.17) is 9.84 Å². The second-order valence-corrected chi connectivity index (χ2v) is 6.94. The minimum atomic E-state index is -0.847. The first-order chi connectivity index (χ1) is 10.6. The fraction of sp³-hybridized carbons (Fsp3) is 0.684. The predicted octanol–water partition coefficient (Wildman–Crippen LogP) is 5.16. The van der Waals surface area contributed by atoms with Crippen LogP contribution in [0.1, 0.15) is 67.2 Å². The average Bonchev–Trinajstić information content (AvgIpc) is 3.11. The van der Waals surface area contributed by atoms with Crippen LogP contribution in [0.25, 0.3) is 0 Å². The molecular formula is C19H33IO4V. The normalized spacial score (nSPS) is 21.1. The van der Waals surface area contributed by atoms with Crippen molar-refractivity contribution in [3.63, 3.8) is 0 Å². The van der Waals surface area contributed by atoms with Crippen LogP contribution in [-0.4, -0.2) is 29.1 Å². The van der Waals surface area contributed by atoms with Gasteiger partial charge in [-0.1, -0.05) is 30.2 Å². The van der Waals surface area contributed by atoms with Gasteiger partial charge in [-0.25, -0.2) is 4.79 Å². The molecule has 6 heteroatoms. The molecule has 0 aromatic heterocycles. The number of epoxide rings is 1. The van der Waals surface area contributed by atoms with E-state index in [0.29, 0.717) is 0 Å². The molecule has 3 atom stereocenters. The quantitative estimate of drug-likeness (QED) is 0.215. The van der Waals surface area contributed by atoms with Crippen LogP contribution in [0.4, 0.5) is 0 Å². The van der Waals surface area contributed by atoms with Crippen LogP contribution >= 0.6 is 24.0 Å². The number of carboxylic acid groups (broad SMARTS) is 1. The summed E-state index contributed by atoms with van der Waals surface area (Å²) in [6, 6.07) is 0. The number of carbonyl (C=O) groups is 2. The van der Waals surface area contributed by atoms with Gasteiger partial charge in [0.15, 0.2) is 6.10 Å². The molecule has 0 bridgehead atoms. The molecule has 1 rings (SSSR count). The Morgan fingerprint density at radius 1 is 1.16 bits per heavy atom. The van der Waals surface area contributed by atoms with Gasteiger partial charge in [0.05, 0.1) is 0 Å². The molecule has 4 nitrogen and oxygen atoms in total. The van der Waals surface area contributed by atoms with Crippen molar-refractivity contribution in [1.82, 2.24) is 0 Å². The van der Waals surface area contributed by atoms with Gasteiger partial charge in [0.25, 0.3) is 0 Å². The Balaban J connectivity index is -0.000000370. The summed E-state index contributed by atoms with van der Waals surface area (Å²) in [5.41, 5.74) is 2.17. The average molecular weight is 503 g/mol. The van der Waals surface area contributed by atoms with Crippen molar-refractivity contribution >= 4 is 36.2 Å². The number of aldehydes is 1. The van der Waals surface area contributed by atoms with Gasteiger partial charge in [0.2, 0.25) is 0 Å². The van der Waals surface area contributed by atoms with Crippen LogP contribution in [0, 0.1) is 5.92 Å². The molecule has 1 fully saturated rings. The van der Waals surface area contributed by atoms with E-state index in [-0.39, 0.29) is 48.5 Å². The first kappa shape index (κ1) is 29.7. The van der Waals surface area contributed by atoms with E-state index in [1.807, 2.05) is 27.7 Å². The third kappa shape index (κ3) is 14.7. The molecule has 3 unspecified atom stereocenters. The number of ether oxygens (including phenoxy) is 1. The van der Waals surface area contributed by atoms with Crippen LogP contribution in [0.5, 0.6) is 0 Å². The zero-order valence-corrected chi connectivity index (χ0v) is 20.0. The Bertz CT molecular complexity index is 454. The summed E-state index contributed by atoms with van der Waals surface area (Å²) in [6.07, 6.45) is 8.39. The number of aliphatic carboxylic acids is 1. The van der Waals surface area contributed by atoms with E-state index in [1.54, 1.807) is 0 Å². The number of carbonyl (C=O) groups excluding carboxylic acids is 1. The molecule has 0 aromatic rings. The Morgan fingerprint density at radius 3 is 2.00 bits per heavy atom. The van der Waals surface area contributed by atoms with Crippen LogP contribution in [0.2, 0.25) is 0 Å². The standard InChI is InChI=1S/C10H16O3.C9H16O.HI.V/c1-7(2)5-4-6-10(3)8(13-10)9(11)12;1-8(2)5-4-6-9(3)7-10;;/h5,8H,4,6H2,1-3H3,(H,11,12);5,7,9H,4,6H2,1-3H3;1H;. The van der Waals surface area contributed by atoms with E-state index in [1.165, 1.54) is 11.1 Å². The van der Waals surface area contributed by atoms with E-state index in [0.717, 1.165) is 32.0 Å². The van der Waals surface area contributed by atoms with Crippen LogP contribution in [-0.2, 0) is 32.9 Å². The molecule has 1 heterocycles. The molecule has 0 saturated carbocycles. The number of halogens is 1. The third-order valence-corrected chi connectivity index (χ3v) is 3.71. The number of carboxylic acids is 1. The van der Waals surface area contributed by atoms with Crippen LogP contribution in [0.3, 0.4) is 0 Å². The van der Waals surface area contributed by atoms with Crippen molar-refractivity contribution in [3.05, 3.63) is 23.3 Å². The predicted molar refractivity (Wildman–Crippen MR) is 109 cm³/mol. The maximum absolute atomic E-state index is 10.5. The van der Waals surface area contributed by atoms with Crippen LogP contribution in [0.15, 0.2) is 23.3 Å². The van der Waals surface area contributed by atoms with Crippen molar-refractivity contribution in [3.8, 4) is 0 Å². The molecule has 0 spiro atoms. The minimum Gasteiger partial charge on any atom is -0.479 e. The first-order valence-corrected chi connectivity index (χ1v) is 8.25. The molecule has 145 valence electrons. The van der Waals surface area contributed by atoms with E-state index in [9.17, 15) is 9.59 Å². The van der Waals surface area contributed by atoms with Crippen molar-refractivity contribution in [2.45, 2.75) is 78.9 Å². The molecule has 1 saturated heterocycles. The third-order valence-electron chi connectivity index (χ3n) is 3.71. The fourth-order valence-corrected chi connectivity index (χ4v) is 2.09. The molecule has 0 aromatic carbocycles. The number of hydrogen-bond acceptors (Lipinski definition) is 3. The Kier molecular flexibility index (Phi) is 17.8. The molecule has 1 aliphatic heterocycles. The van der Waals surface area contributed by atoms with Gasteiger partial charge in [-0.2, -0.15) is 0 Å². The second-order valence-electron chi connectivity index (χ2n) is 6.94. The number of allylic oxidation sites excluding steroid dienone is 4. The van der Waals surface area contributed by atoms with Crippen molar-refractivity contribution in [1.29, 1.82) is 0 Å². The molecule has 1 aliphatic rings. The SMILES string of the molecule is CC(C)=CCCC(C)C=O.CC(C)=CCCC1(C)OC1C(=O)O.I.[V]. The maximum atomic E-state index is 10.5. The minimum absolute atomic E-state index is 0. The molecule has 0 aliphatic carbocycles. The zero-order chi connectivity index (χ0) is 18.0. The van der Waals surface area contributed by atoms with Crippen molar-refractivity contribution in [2.75, 3.05) is 0 Å². The molecule has 1 N–H and O–H groups in total. The van der Waals surface area contributed by atoms with E-state index < -0.39 is 17.7 Å². The Labute approximate surface area is 181 Å². The van der Waals surface area contributed by atoms with E-state index >= 15 is 0 Å². The first-order valence-electron chi connectivity index (χ1n) is 8.25. The van der Waals surface area contributed by atoms with Gasteiger partial charge in [0.1, 0.15) is 11.9 Å². The van der Waals surface area contributed by atoms with Crippen molar-refractivity contribution < 1.29 is 38.0 Å². The maximum Gasteiger partial charge on any atom is 0.335 e.